The first-order valence-electron chi connectivity index (χ1n) is 10.4. The molecule has 3 rings (SSSR count). The number of likely N-dealkylation sites (N-methyl/N-ethyl adjacent to an activating group) is 1. The Hall–Kier alpha value is -2.20. The fourth-order valence-electron chi connectivity index (χ4n) is 3.07. The highest BCUT2D eigenvalue weighted by Gasteiger charge is 2.32. The Bertz CT molecular complexity index is 1040. The van der Waals surface area contributed by atoms with Crippen molar-refractivity contribution in [2.24, 2.45) is 4.99 Å². The van der Waals surface area contributed by atoms with Crippen LogP contribution >= 0.6 is 34.4 Å². The highest BCUT2D eigenvalue weighted by atomic mass is 127. The second-order valence-electron chi connectivity index (χ2n) is 7.18. The van der Waals surface area contributed by atoms with Gasteiger partial charge in [-0.25, -0.2) is 4.99 Å². The molecule has 1 fully saturated rings. The van der Waals surface area contributed by atoms with Crippen LogP contribution in [0.3, 0.4) is 0 Å². The van der Waals surface area contributed by atoms with Crippen LogP contribution in [-0.2, 0) is 4.79 Å². The molecule has 0 aromatic heterocycles. The molecule has 1 saturated heterocycles. The molecule has 0 unspecified atom stereocenters. The van der Waals surface area contributed by atoms with Gasteiger partial charge in [0.2, 0.25) is 0 Å². The fraction of sp³-hybridized carbons (Fsp3) is 0.333. The number of carbonyl (C=O) groups excluding carboxylic acids is 1. The lowest BCUT2D eigenvalue weighted by atomic mass is 10.1. The maximum Gasteiger partial charge on any atom is 0.266 e. The smallest absolute Gasteiger partial charge is 0.266 e. The summed E-state index contributed by atoms with van der Waals surface area (Å²) in [7, 11) is 1.63. The summed E-state index contributed by atoms with van der Waals surface area (Å²) >= 11 is 3.62. The molecular weight excluding hydrogens is 539 g/mol. The molecule has 0 atom stereocenters. The van der Waals surface area contributed by atoms with Crippen LogP contribution < -0.4 is 14.2 Å². The van der Waals surface area contributed by atoms with Gasteiger partial charge in [0.05, 0.1) is 34.0 Å². The number of ether oxygens (including phenoxy) is 3. The molecule has 0 spiro atoms. The van der Waals surface area contributed by atoms with E-state index in [-0.39, 0.29) is 12.0 Å². The van der Waals surface area contributed by atoms with Crippen LogP contribution in [0.1, 0.15) is 33.3 Å². The van der Waals surface area contributed by atoms with Crippen molar-refractivity contribution in [3.8, 4) is 17.2 Å². The molecule has 1 heterocycles. The molecule has 0 aliphatic carbocycles. The van der Waals surface area contributed by atoms with E-state index in [1.165, 1.54) is 11.8 Å². The average Bonchev–Trinajstić information content (AvgIpc) is 3.05. The Kier molecular flexibility index (Phi) is 8.47. The Morgan fingerprint density at radius 1 is 1.19 bits per heavy atom. The maximum absolute atomic E-state index is 13.0. The van der Waals surface area contributed by atoms with Crippen molar-refractivity contribution in [1.82, 2.24) is 4.90 Å². The number of halogens is 1. The molecule has 6 nitrogen and oxygen atoms in total. The molecule has 0 saturated carbocycles. The van der Waals surface area contributed by atoms with Crippen molar-refractivity contribution >= 4 is 57.2 Å². The van der Waals surface area contributed by atoms with E-state index < -0.39 is 0 Å². The van der Waals surface area contributed by atoms with E-state index in [4.69, 9.17) is 14.2 Å². The topological polar surface area (TPSA) is 60.4 Å². The number of carbonyl (C=O) groups is 1. The summed E-state index contributed by atoms with van der Waals surface area (Å²) < 4.78 is 17.9. The van der Waals surface area contributed by atoms with Crippen molar-refractivity contribution in [2.75, 3.05) is 20.3 Å². The lowest BCUT2D eigenvalue weighted by molar-refractivity contribution is -0.122. The Morgan fingerprint density at radius 3 is 2.50 bits per heavy atom. The first-order chi connectivity index (χ1) is 15.4. The van der Waals surface area contributed by atoms with Crippen LogP contribution in [0.4, 0.5) is 5.69 Å². The van der Waals surface area contributed by atoms with E-state index in [2.05, 4.69) is 27.6 Å². The zero-order valence-corrected chi connectivity index (χ0v) is 21.8. The quantitative estimate of drug-likeness (QED) is 0.285. The second kappa shape index (κ2) is 11.1. The molecule has 32 heavy (non-hydrogen) atoms. The summed E-state index contributed by atoms with van der Waals surface area (Å²) in [6.07, 6.45) is 1.92. The van der Waals surface area contributed by atoms with Crippen molar-refractivity contribution in [2.45, 2.75) is 33.8 Å². The van der Waals surface area contributed by atoms with E-state index in [1.54, 1.807) is 12.0 Å². The van der Waals surface area contributed by atoms with Gasteiger partial charge in [-0.15, -0.1) is 0 Å². The minimum Gasteiger partial charge on any atom is -0.497 e. The largest absolute Gasteiger partial charge is 0.497 e. The third kappa shape index (κ3) is 5.78. The van der Waals surface area contributed by atoms with Gasteiger partial charge < -0.3 is 14.2 Å². The number of amides is 1. The van der Waals surface area contributed by atoms with Gasteiger partial charge in [0.15, 0.2) is 16.7 Å². The summed E-state index contributed by atoms with van der Waals surface area (Å²) in [5, 5.41) is 0.661. The standard InChI is InChI=1S/C24H27IN2O4S/c1-6-27-23(28)21(32-24(27)26-17-8-10-18(29-5)11-9-17)14-16-12-19(25)22(31-15(3)4)20(13-16)30-7-2/h8-15H,6-7H2,1-5H3/b21-14+,26-24?. The minimum atomic E-state index is -0.0553. The monoisotopic (exact) mass is 566 g/mol. The first-order valence-corrected chi connectivity index (χ1v) is 12.3. The Morgan fingerprint density at radius 2 is 1.91 bits per heavy atom. The number of aliphatic imine (C=N–C) groups is 1. The second-order valence-corrected chi connectivity index (χ2v) is 9.35. The summed E-state index contributed by atoms with van der Waals surface area (Å²) in [6, 6.07) is 11.4. The molecule has 2 aromatic rings. The molecule has 2 aromatic carbocycles. The van der Waals surface area contributed by atoms with Gasteiger partial charge in [-0.05, 0) is 110 Å². The van der Waals surface area contributed by atoms with Crippen LogP contribution in [0, 0.1) is 3.57 Å². The molecule has 8 heteroatoms. The van der Waals surface area contributed by atoms with Gasteiger partial charge in [0, 0.05) is 6.54 Å². The Labute approximate surface area is 207 Å². The SMILES string of the molecule is CCOc1cc(/C=C2/SC(=Nc3ccc(OC)cc3)N(CC)C2=O)cc(I)c1OC(C)C. The van der Waals surface area contributed by atoms with Crippen molar-refractivity contribution in [1.29, 1.82) is 0 Å². The van der Waals surface area contributed by atoms with Crippen molar-refractivity contribution in [3.05, 3.63) is 50.4 Å². The van der Waals surface area contributed by atoms with E-state index in [0.717, 1.165) is 26.3 Å². The number of benzene rings is 2. The average molecular weight is 566 g/mol. The summed E-state index contributed by atoms with van der Waals surface area (Å²) in [6.45, 7) is 8.92. The Balaban J connectivity index is 1.94. The summed E-state index contributed by atoms with van der Waals surface area (Å²) in [4.78, 5) is 20.0. The predicted octanol–water partition coefficient (Wildman–Crippen LogP) is 6.11. The van der Waals surface area contributed by atoms with Gasteiger partial charge in [-0.1, -0.05) is 0 Å². The molecule has 170 valence electrons. The molecule has 0 N–H and O–H groups in total. The lowest BCUT2D eigenvalue weighted by Crippen LogP contribution is -2.28. The highest BCUT2D eigenvalue weighted by Crippen LogP contribution is 2.38. The van der Waals surface area contributed by atoms with Gasteiger partial charge in [0.1, 0.15) is 5.75 Å². The van der Waals surface area contributed by atoms with E-state index in [0.29, 0.717) is 29.0 Å². The number of amidine groups is 1. The third-order valence-corrected chi connectivity index (χ3v) is 6.29. The molecular formula is C24H27IN2O4S. The number of hydrogen-bond donors (Lipinski definition) is 0. The zero-order valence-electron chi connectivity index (χ0n) is 18.8. The minimum absolute atomic E-state index is 0.0359. The summed E-state index contributed by atoms with van der Waals surface area (Å²) in [5.74, 6) is 2.11. The van der Waals surface area contributed by atoms with Crippen LogP contribution in [-0.4, -0.2) is 42.3 Å². The van der Waals surface area contributed by atoms with Gasteiger partial charge >= 0.3 is 0 Å². The van der Waals surface area contributed by atoms with Crippen LogP contribution in [0.2, 0.25) is 0 Å². The third-order valence-electron chi connectivity index (χ3n) is 4.48. The van der Waals surface area contributed by atoms with Gasteiger partial charge in [-0.3, -0.25) is 9.69 Å². The first kappa shape index (κ1) is 24.4. The molecule has 1 aliphatic heterocycles. The number of methoxy groups -OCH3 is 1. The molecule has 1 amide bonds. The summed E-state index contributed by atoms with van der Waals surface area (Å²) in [5.41, 5.74) is 1.65. The molecule has 1 aliphatic rings. The van der Waals surface area contributed by atoms with Crippen LogP contribution in [0.25, 0.3) is 6.08 Å². The van der Waals surface area contributed by atoms with Gasteiger partial charge in [0.25, 0.3) is 5.91 Å². The lowest BCUT2D eigenvalue weighted by Gasteiger charge is -2.17. The normalized spacial score (nSPS) is 16.3. The number of hydrogen-bond acceptors (Lipinski definition) is 6. The molecule has 0 radical (unpaired) electrons. The fourth-order valence-corrected chi connectivity index (χ4v) is 4.89. The maximum atomic E-state index is 13.0. The zero-order chi connectivity index (χ0) is 23.3. The van der Waals surface area contributed by atoms with Crippen LogP contribution in [0.5, 0.6) is 17.2 Å². The van der Waals surface area contributed by atoms with Gasteiger partial charge in [-0.2, -0.15) is 0 Å². The predicted molar refractivity (Wildman–Crippen MR) is 139 cm³/mol. The highest BCUT2D eigenvalue weighted by molar-refractivity contribution is 14.1. The molecule has 0 bridgehead atoms. The van der Waals surface area contributed by atoms with E-state index in [9.17, 15) is 4.79 Å². The number of nitrogens with zero attached hydrogens (tertiary/aromatic N) is 2. The number of thioether (sulfide) groups is 1. The van der Waals surface area contributed by atoms with Crippen molar-refractivity contribution < 1.29 is 19.0 Å². The number of rotatable bonds is 8. The van der Waals surface area contributed by atoms with Crippen molar-refractivity contribution in [3.63, 3.8) is 0 Å². The van der Waals surface area contributed by atoms with E-state index in [1.807, 2.05) is 70.2 Å². The van der Waals surface area contributed by atoms with E-state index >= 15 is 0 Å². The van der Waals surface area contributed by atoms with Crippen LogP contribution in [0.15, 0.2) is 46.3 Å².